The maximum Gasteiger partial charge on any atom is 0.248 e. The highest BCUT2D eigenvalue weighted by Crippen LogP contribution is 2.53. The molecular weight excluding hydrogens is 330 g/mol. The maximum atomic E-state index is 13.2. The van der Waals surface area contributed by atoms with E-state index in [1.165, 1.54) is 11.1 Å². The van der Waals surface area contributed by atoms with E-state index in [-0.39, 0.29) is 11.3 Å². The molecule has 3 fully saturated rings. The molecule has 2 unspecified atom stereocenters. The van der Waals surface area contributed by atoms with E-state index in [1.54, 1.807) is 5.48 Å². The molecule has 2 saturated heterocycles. The standard InChI is InChI=1S/C20H25N3O3/c24-18(22-26)15-8-20(5-6-20)11-21-17(15)19(25)23-9-13-7-12-3-1-2-4-14(12)16(13)10-23/h1-4,13,15-17,21,26H,5-11H2,(H,22,24)/t13?,15-,16?,17-/m0/s1. The molecule has 138 valence electrons. The van der Waals surface area contributed by atoms with Crippen molar-refractivity contribution in [2.75, 3.05) is 19.6 Å². The van der Waals surface area contributed by atoms with Gasteiger partial charge in [0.15, 0.2) is 0 Å². The predicted octanol–water partition coefficient (Wildman–Crippen LogP) is 1.05. The molecule has 2 heterocycles. The summed E-state index contributed by atoms with van der Waals surface area (Å²) < 4.78 is 0. The minimum atomic E-state index is -0.526. The molecule has 0 aromatic heterocycles. The van der Waals surface area contributed by atoms with Gasteiger partial charge in [0.25, 0.3) is 0 Å². The molecule has 2 aliphatic heterocycles. The van der Waals surface area contributed by atoms with E-state index >= 15 is 0 Å². The molecule has 4 atom stereocenters. The van der Waals surface area contributed by atoms with Crippen molar-refractivity contribution in [3.63, 3.8) is 0 Å². The SMILES string of the molecule is O=C(NO)[C@H]1CC2(CC2)CN[C@@H]1C(=O)N1CC2Cc3ccccc3C2C1. The first-order valence-electron chi connectivity index (χ1n) is 9.64. The minimum Gasteiger partial charge on any atom is -0.340 e. The molecule has 6 nitrogen and oxygen atoms in total. The fourth-order valence-corrected chi connectivity index (χ4v) is 5.44. The van der Waals surface area contributed by atoms with Crippen molar-refractivity contribution in [1.29, 1.82) is 0 Å². The van der Waals surface area contributed by atoms with Crippen LogP contribution in [0.2, 0.25) is 0 Å². The Morgan fingerprint density at radius 3 is 2.81 bits per heavy atom. The fourth-order valence-electron chi connectivity index (χ4n) is 5.44. The second kappa shape index (κ2) is 5.79. The van der Waals surface area contributed by atoms with E-state index in [2.05, 4.69) is 29.6 Å². The molecule has 1 spiro atoms. The number of hydroxylamine groups is 1. The van der Waals surface area contributed by atoms with Crippen LogP contribution in [0.5, 0.6) is 0 Å². The number of piperidine rings is 1. The van der Waals surface area contributed by atoms with Gasteiger partial charge in [-0.1, -0.05) is 24.3 Å². The Morgan fingerprint density at radius 2 is 2.04 bits per heavy atom. The van der Waals surface area contributed by atoms with Crippen molar-refractivity contribution in [1.82, 2.24) is 15.7 Å². The van der Waals surface area contributed by atoms with Crippen molar-refractivity contribution in [3.8, 4) is 0 Å². The molecule has 5 rings (SSSR count). The quantitative estimate of drug-likeness (QED) is 0.547. The summed E-state index contributed by atoms with van der Waals surface area (Å²) in [5.74, 6) is -0.0116. The molecular formula is C20H25N3O3. The molecule has 1 saturated carbocycles. The second-order valence-electron chi connectivity index (χ2n) is 8.66. The summed E-state index contributed by atoms with van der Waals surface area (Å²) in [5, 5.41) is 12.5. The highest BCUT2D eigenvalue weighted by Gasteiger charge is 2.53. The zero-order chi connectivity index (χ0) is 17.9. The maximum absolute atomic E-state index is 13.2. The van der Waals surface area contributed by atoms with Crippen molar-refractivity contribution < 1.29 is 14.8 Å². The number of carbonyl (C=O) groups is 2. The Kier molecular flexibility index (Phi) is 3.62. The molecule has 2 aliphatic carbocycles. The molecule has 1 aromatic carbocycles. The second-order valence-corrected chi connectivity index (χ2v) is 8.66. The van der Waals surface area contributed by atoms with Gasteiger partial charge in [-0.2, -0.15) is 0 Å². The first-order valence-corrected chi connectivity index (χ1v) is 9.64. The van der Waals surface area contributed by atoms with Crippen LogP contribution in [0, 0.1) is 17.3 Å². The lowest BCUT2D eigenvalue weighted by molar-refractivity contribution is -0.144. The largest absolute Gasteiger partial charge is 0.340 e. The Bertz CT molecular complexity index is 760. The molecule has 4 aliphatic rings. The smallest absolute Gasteiger partial charge is 0.248 e. The summed E-state index contributed by atoms with van der Waals surface area (Å²) in [5.41, 5.74) is 4.74. The lowest BCUT2D eigenvalue weighted by Crippen LogP contribution is -2.58. The van der Waals surface area contributed by atoms with E-state index in [4.69, 9.17) is 5.21 Å². The highest BCUT2D eigenvalue weighted by molar-refractivity contribution is 5.90. The first-order chi connectivity index (χ1) is 12.6. The zero-order valence-corrected chi connectivity index (χ0v) is 14.8. The number of fused-ring (bicyclic) bond motifs is 3. The summed E-state index contributed by atoms with van der Waals surface area (Å²) in [7, 11) is 0. The van der Waals surface area contributed by atoms with E-state index in [9.17, 15) is 9.59 Å². The lowest BCUT2D eigenvalue weighted by Gasteiger charge is -2.37. The number of nitrogens with zero attached hydrogens (tertiary/aromatic N) is 1. The van der Waals surface area contributed by atoms with Crippen LogP contribution in [0.4, 0.5) is 0 Å². The van der Waals surface area contributed by atoms with Gasteiger partial charge in [-0.15, -0.1) is 0 Å². The number of hydrogen-bond donors (Lipinski definition) is 3. The van der Waals surface area contributed by atoms with E-state index in [1.807, 2.05) is 4.90 Å². The number of hydrogen-bond acceptors (Lipinski definition) is 4. The average Bonchev–Trinajstić information content (AvgIpc) is 3.13. The molecule has 6 heteroatoms. The van der Waals surface area contributed by atoms with Crippen molar-refractivity contribution >= 4 is 11.8 Å². The topological polar surface area (TPSA) is 81.7 Å². The normalized spacial score (nSPS) is 33.7. The van der Waals surface area contributed by atoms with E-state index in [0.717, 1.165) is 38.9 Å². The van der Waals surface area contributed by atoms with Gasteiger partial charge in [0, 0.05) is 25.6 Å². The number of amides is 2. The Balaban J connectivity index is 1.33. The van der Waals surface area contributed by atoms with Crippen LogP contribution in [-0.2, 0) is 16.0 Å². The number of rotatable bonds is 2. The summed E-state index contributed by atoms with van der Waals surface area (Å²) >= 11 is 0. The van der Waals surface area contributed by atoms with Crippen molar-refractivity contribution in [2.45, 2.75) is 37.6 Å². The van der Waals surface area contributed by atoms with Crippen molar-refractivity contribution in [3.05, 3.63) is 35.4 Å². The Morgan fingerprint density at radius 1 is 1.23 bits per heavy atom. The molecule has 2 amide bonds. The van der Waals surface area contributed by atoms with Gasteiger partial charge in [-0.3, -0.25) is 14.8 Å². The molecule has 1 aromatic rings. The third-order valence-corrected chi connectivity index (χ3v) is 7.11. The Labute approximate surface area is 152 Å². The third-order valence-electron chi connectivity index (χ3n) is 7.11. The lowest BCUT2D eigenvalue weighted by atomic mass is 9.81. The minimum absolute atomic E-state index is 0.0148. The van der Waals surface area contributed by atoms with Gasteiger partial charge in [-0.25, -0.2) is 5.48 Å². The predicted molar refractivity (Wildman–Crippen MR) is 94.5 cm³/mol. The number of carbonyl (C=O) groups excluding carboxylic acids is 2. The van der Waals surface area contributed by atoms with Crippen molar-refractivity contribution in [2.24, 2.45) is 17.3 Å². The van der Waals surface area contributed by atoms with Crippen LogP contribution >= 0.6 is 0 Å². The van der Waals surface area contributed by atoms with Crippen LogP contribution in [0.25, 0.3) is 0 Å². The van der Waals surface area contributed by atoms with Gasteiger partial charge in [0.2, 0.25) is 11.8 Å². The third kappa shape index (κ3) is 2.47. The number of benzene rings is 1. The van der Waals surface area contributed by atoms with Crippen LogP contribution in [0.1, 0.15) is 36.3 Å². The van der Waals surface area contributed by atoms with Crippen LogP contribution in [0.15, 0.2) is 24.3 Å². The van der Waals surface area contributed by atoms with Gasteiger partial charge in [0.1, 0.15) is 0 Å². The van der Waals surface area contributed by atoms with E-state index < -0.39 is 17.9 Å². The van der Waals surface area contributed by atoms with Gasteiger partial charge >= 0.3 is 0 Å². The first kappa shape index (κ1) is 16.3. The summed E-state index contributed by atoms with van der Waals surface area (Å²) in [6.45, 7) is 2.29. The van der Waals surface area contributed by atoms with Gasteiger partial charge < -0.3 is 10.2 Å². The molecule has 0 bridgehead atoms. The highest BCUT2D eigenvalue weighted by atomic mass is 16.5. The number of likely N-dealkylation sites (tertiary alicyclic amines) is 1. The zero-order valence-electron chi connectivity index (χ0n) is 14.8. The van der Waals surface area contributed by atoms with Crippen LogP contribution < -0.4 is 10.8 Å². The van der Waals surface area contributed by atoms with Crippen LogP contribution in [-0.4, -0.2) is 47.6 Å². The molecule has 26 heavy (non-hydrogen) atoms. The number of nitrogens with one attached hydrogen (secondary N) is 2. The summed E-state index contributed by atoms with van der Waals surface area (Å²) in [4.78, 5) is 27.3. The molecule has 3 N–H and O–H groups in total. The monoisotopic (exact) mass is 355 g/mol. The van der Waals surface area contributed by atoms with Gasteiger partial charge in [-0.05, 0) is 48.1 Å². The fraction of sp³-hybridized carbons (Fsp3) is 0.600. The van der Waals surface area contributed by atoms with Crippen LogP contribution in [0.3, 0.4) is 0 Å². The summed E-state index contributed by atoms with van der Waals surface area (Å²) in [6, 6.07) is 8.01. The average molecular weight is 355 g/mol. The Hall–Kier alpha value is -1.92. The summed E-state index contributed by atoms with van der Waals surface area (Å²) in [6.07, 6.45) is 3.92. The van der Waals surface area contributed by atoms with E-state index in [0.29, 0.717) is 18.3 Å². The molecule has 0 radical (unpaired) electrons. The van der Waals surface area contributed by atoms with Gasteiger partial charge in [0.05, 0.1) is 12.0 Å².